The summed E-state index contributed by atoms with van der Waals surface area (Å²) in [4.78, 5) is 15.2. The van der Waals surface area contributed by atoms with Gasteiger partial charge < -0.3 is 15.5 Å². The molecule has 0 aliphatic rings. The molecule has 0 aliphatic heterocycles. The van der Waals surface area contributed by atoms with Gasteiger partial charge in [0.15, 0.2) is 22.7 Å². The lowest BCUT2D eigenvalue weighted by Crippen LogP contribution is -2.07. The molecule has 0 bridgehead atoms. The number of hydrogen-bond donors (Lipinski definition) is 2. The van der Waals surface area contributed by atoms with E-state index in [1.807, 2.05) is 24.3 Å². The number of para-hydroxylation sites is 1. The molecule has 4 aromatic rings. The van der Waals surface area contributed by atoms with Crippen molar-refractivity contribution in [2.24, 2.45) is 0 Å². The summed E-state index contributed by atoms with van der Waals surface area (Å²) in [7, 11) is 0. The zero-order chi connectivity index (χ0) is 15.3. The highest BCUT2D eigenvalue weighted by atomic mass is 16.5. The molecule has 0 fully saturated rings. The average Bonchev–Trinajstić information content (AvgIpc) is 3.04. The van der Waals surface area contributed by atoms with E-state index in [2.05, 4.69) is 20.3 Å². The fraction of sp³-hybridized carbons (Fsp3) is 0.143. The van der Waals surface area contributed by atoms with Crippen LogP contribution >= 0.6 is 0 Å². The van der Waals surface area contributed by atoms with Crippen LogP contribution in [0.1, 0.15) is 17.3 Å². The van der Waals surface area contributed by atoms with Crippen molar-refractivity contribution < 1.29 is 9.53 Å². The third kappa shape index (κ3) is 1.57. The van der Waals surface area contributed by atoms with Gasteiger partial charge in [-0.2, -0.15) is 4.52 Å². The number of aromatic nitrogens is 5. The number of H-pyrrole nitrogens is 1. The van der Waals surface area contributed by atoms with Gasteiger partial charge in [0, 0.05) is 10.9 Å². The van der Waals surface area contributed by atoms with E-state index >= 15 is 0 Å². The van der Waals surface area contributed by atoms with Crippen LogP contribution in [0.5, 0.6) is 0 Å². The number of hydrogen-bond acceptors (Lipinski definition) is 6. The smallest absolute Gasteiger partial charge is 0.345 e. The number of nitrogens with zero attached hydrogens (tertiary/aromatic N) is 4. The molecule has 0 radical (unpaired) electrons. The molecule has 3 N–H and O–H groups in total. The lowest BCUT2D eigenvalue weighted by Gasteiger charge is -1.99. The molecule has 3 heterocycles. The Balaban J connectivity index is 2.09. The standard InChI is InChI=1S/C14H12N6O2/c1-2-22-14(21)9-11(15)19-20-12(9)18-17-10-7-5-3-4-6-8(7)16-13(10)20/h3-6,16H,2H2,1H3,(H2,15,19). The Morgan fingerprint density at radius 1 is 1.36 bits per heavy atom. The molecule has 0 saturated heterocycles. The number of nitrogens with two attached hydrogens (primary N) is 1. The lowest BCUT2D eigenvalue weighted by molar-refractivity contribution is 0.0529. The van der Waals surface area contributed by atoms with Crippen LogP contribution in [0.15, 0.2) is 24.3 Å². The molecule has 1 aromatic carbocycles. The van der Waals surface area contributed by atoms with E-state index in [0.717, 1.165) is 10.9 Å². The third-order valence-corrected chi connectivity index (χ3v) is 3.48. The summed E-state index contributed by atoms with van der Waals surface area (Å²) in [6.07, 6.45) is 0. The van der Waals surface area contributed by atoms with E-state index < -0.39 is 5.97 Å². The van der Waals surface area contributed by atoms with Crippen LogP contribution in [0.25, 0.3) is 27.7 Å². The molecule has 8 heteroatoms. The molecule has 0 saturated carbocycles. The number of benzene rings is 1. The summed E-state index contributed by atoms with van der Waals surface area (Å²) in [6.45, 7) is 1.97. The van der Waals surface area contributed by atoms with Crippen LogP contribution in [0.3, 0.4) is 0 Å². The van der Waals surface area contributed by atoms with Crippen molar-refractivity contribution in [3.63, 3.8) is 0 Å². The van der Waals surface area contributed by atoms with Gasteiger partial charge in [-0.3, -0.25) is 0 Å². The predicted octanol–water partition coefficient (Wildman–Crippen LogP) is 1.52. The summed E-state index contributed by atoms with van der Waals surface area (Å²) >= 11 is 0. The number of esters is 1. The first-order valence-corrected chi connectivity index (χ1v) is 6.79. The Kier molecular flexibility index (Phi) is 2.52. The van der Waals surface area contributed by atoms with Crippen LogP contribution in [0.2, 0.25) is 0 Å². The molecule has 22 heavy (non-hydrogen) atoms. The fourth-order valence-electron chi connectivity index (χ4n) is 2.54. The normalized spacial score (nSPS) is 11.5. The van der Waals surface area contributed by atoms with Crippen molar-refractivity contribution in [1.29, 1.82) is 0 Å². The van der Waals surface area contributed by atoms with E-state index in [1.54, 1.807) is 6.92 Å². The van der Waals surface area contributed by atoms with Crippen LogP contribution in [-0.4, -0.2) is 37.4 Å². The quantitative estimate of drug-likeness (QED) is 0.542. The second kappa shape index (κ2) is 4.42. The van der Waals surface area contributed by atoms with E-state index in [0.29, 0.717) is 11.2 Å². The molecule has 0 spiro atoms. The highest BCUT2D eigenvalue weighted by molar-refractivity contribution is 6.05. The van der Waals surface area contributed by atoms with Gasteiger partial charge in [-0.1, -0.05) is 18.2 Å². The maximum absolute atomic E-state index is 12.0. The number of fused-ring (bicyclic) bond motifs is 5. The number of rotatable bonds is 2. The number of anilines is 1. The summed E-state index contributed by atoms with van der Waals surface area (Å²) in [6, 6.07) is 7.71. The SMILES string of the molecule is CCOC(=O)c1c(N)nn2c1nnc1c3ccccc3[nH]c12. The fourth-order valence-corrected chi connectivity index (χ4v) is 2.54. The zero-order valence-corrected chi connectivity index (χ0v) is 11.7. The van der Waals surface area contributed by atoms with E-state index in [1.165, 1.54) is 4.52 Å². The summed E-state index contributed by atoms with van der Waals surface area (Å²) in [5.74, 6) is -0.487. The number of carbonyl (C=O) groups excluding carboxylic acids is 1. The van der Waals surface area contributed by atoms with Crippen LogP contribution in [0.4, 0.5) is 5.82 Å². The maximum atomic E-state index is 12.0. The topological polar surface area (TPSA) is 111 Å². The van der Waals surface area contributed by atoms with Gasteiger partial charge in [-0.05, 0) is 13.0 Å². The first-order valence-electron chi connectivity index (χ1n) is 6.79. The Morgan fingerprint density at radius 2 is 2.18 bits per heavy atom. The maximum Gasteiger partial charge on any atom is 0.345 e. The molecule has 0 atom stereocenters. The summed E-state index contributed by atoms with van der Waals surface area (Å²) in [5, 5.41) is 13.4. The number of aromatic amines is 1. The molecule has 4 rings (SSSR count). The van der Waals surface area contributed by atoms with Crippen molar-refractivity contribution in [2.45, 2.75) is 6.92 Å². The van der Waals surface area contributed by atoms with Crippen molar-refractivity contribution in [1.82, 2.24) is 24.8 Å². The zero-order valence-electron chi connectivity index (χ0n) is 11.7. The number of nitrogens with one attached hydrogen (secondary N) is 1. The molecule has 0 amide bonds. The number of carbonyl (C=O) groups is 1. The van der Waals surface area contributed by atoms with Gasteiger partial charge in [-0.25, -0.2) is 4.79 Å². The highest BCUT2D eigenvalue weighted by Crippen LogP contribution is 2.25. The van der Waals surface area contributed by atoms with Crippen molar-refractivity contribution in [3.8, 4) is 0 Å². The minimum Gasteiger partial charge on any atom is -0.462 e. The average molecular weight is 296 g/mol. The van der Waals surface area contributed by atoms with Crippen LogP contribution < -0.4 is 5.73 Å². The van der Waals surface area contributed by atoms with Crippen LogP contribution in [-0.2, 0) is 4.74 Å². The number of nitrogen functional groups attached to an aromatic ring is 1. The molecule has 8 nitrogen and oxygen atoms in total. The predicted molar refractivity (Wildman–Crippen MR) is 80.5 cm³/mol. The molecule has 0 aliphatic carbocycles. The van der Waals surface area contributed by atoms with Gasteiger partial charge >= 0.3 is 5.97 Å². The first kappa shape index (κ1) is 12.6. The molecular weight excluding hydrogens is 284 g/mol. The van der Waals surface area contributed by atoms with Crippen molar-refractivity contribution >= 4 is 39.5 Å². The van der Waals surface area contributed by atoms with E-state index in [9.17, 15) is 4.79 Å². The Bertz CT molecular complexity index is 1030. The van der Waals surface area contributed by atoms with Gasteiger partial charge in [0.25, 0.3) is 0 Å². The van der Waals surface area contributed by atoms with E-state index in [-0.39, 0.29) is 23.6 Å². The molecule has 3 aromatic heterocycles. The second-order valence-corrected chi connectivity index (χ2v) is 4.78. The minimum atomic E-state index is -0.556. The summed E-state index contributed by atoms with van der Waals surface area (Å²) < 4.78 is 6.49. The Morgan fingerprint density at radius 3 is 3.00 bits per heavy atom. The summed E-state index contributed by atoms with van der Waals surface area (Å²) in [5.41, 5.74) is 8.47. The van der Waals surface area contributed by atoms with Crippen molar-refractivity contribution in [3.05, 3.63) is 29.8 Å². The Labute approximate surface area is 123 Å². The largest absolute Gasteiger partial charge is 0.462 e. The molecule has 0 unspecified atom stereocenters. The number of ether oxygens (including phenoxy) is 1. The van der Waals surface area contributed by atoms with Gasteiger partial charge in [0.1, 0.15) is 5.52 Å². The van der Waals surface area contributed by atoms with Crippen LogP contribution in [0, 0.1) is 0 Å². The third-order valence-electron chi connectivity index (χ3n) is 3.48. The van der Waals surface area contributed by atoms with Gasteiger partial charge in [0.05, 0.1) is 6.61 Å². The highest BCUT2D eigenvalue weighted by Gasteiger charge is 2.23. The van der Waals surface area contributed by atoms with Crippen molar-refractivity contribution in [2.75, 3.05) is 12.3 Å². The lowest BCUT2D eigenvalue weighted by atomic mass is 10.2. The minimum absolute atomic E-state index is 0.0684. The van der Waals surface area contributed by atoms with Gasteiger partial charge in [0.2, 0.25) is 0 Å². The van der Waals surface area contributed by atoms with E-state index in [4.69, 9.17) is 10.5 Å². The Hall–Kier alpha value is -3.16. The first-order chi connectivity index (χ1) is 10.7. The van der Waals surface area contributed by atoms with Gasteiger partial charge in [-0.15, -0.1) is 15.3 Å². The molecular formula is C14H12N6O2. The monoisotopic (exact) mass is 296 g/mol. The molecule has 110 valence electrons. The second-order valence-electron chi connectivity index (χ2n) is 4.78.